The number of nitrogens with zero attached hydrogens (tertiary/aromatic N) is 1. The lowest BCUT2D eigenvalue weighted by atomic mass is 10.2. The summed E-state index contributed by atoms with van der Waals surface area (Å²) in [5.74, 6) is 0.276. The van der Waals surface area contributed by atoms with Gasteiger partial charge in [0.15, 0.2) is 0 Å². The first-order valence-corrected chi connectivity index (χ1v) is 8.30. The molecule has 0 saturated heterocycles. The van der Waals surface area contributed by atoms with E-state index in [9.17, 15) is 9.18 Å². The third-order valence-corrected chi connectivity index (χ3v) is 3.88. The number of carbonyl (C=O) groups is 1. The molecule has 1 heterocycles. The molecular weight excluding hydrogens is 387 g/mol. The number of nitrogens with one attached hydrogen (secondary N) is 1. The molecule has 0 bridgehead atoms. The minimum absolute atomic E-state index is 0.237. The lowest BCUT2D eigenvalue weighted by Gasteiger charge is -2.11. The van der Waals surface area contributed by atoms with Gasteiger partial charge >= 0.3 is 0 Å². The molecule has 0 fully saturated rings. The van der Waals surface area contributed by atoms with Crippen molar-refractivity contribution in [1.29, 1.82) is 0 Å². The highest BCUT2D eigenvalue weighted by atomic mass is 79.9. The largest absolute Gasteiger partial charge is 0.488 e. The fourth-order valence-corrected chi connectivity index (χ4v) is 2.39. The summed E-state index contributed by atoms with van der Waals surface area (Å²) in [6.07, 6.45) is 1.60. The van der Waals surface area contributed by atoms with E-state index in [2.05, 4.69) is 26.2 Å². The monoisotopic (exact) mass is 400 g/mol. The van der Waals surface area contributed by atoms with Gasteiger partial charge < -0.3 is 10.1 Å². The van der Waals surface area contributed by atoms with Gasteiger partial charge in [-0.15, -0.1) is 0 Å². The summed E-state index contributed by atoms with van der Waals surface area (Å²) >= 11 is 3.30. The second-order valence-corrected chi connectivity index (χ2v) is 6.14. The zero-order chi connectivity index (χ0) is 17.6. The van der Waals surface area contributed by atoms with Crippen molar-refractivity contribution in [3.05, 3.63) is 88.3 Å². The van der Waals surface area contributed by atoms with Crippen LogP contribution in [-0.4, -0.2) is 10.9 Å². The van der Waals surface area contributed by atoms with Crippen molar-refractivity contribution < 1.29 is 13.9 Å². The van der Waals surface area contributed by atoms with E-state index in [1.54, 1.807) is 54.7 Å². The molecule has 0 spiro atoms. The van der Waals surface area contributed by atoms with Gasteiger partial charge in [0.1, 0.15) is 24.0 Å². The Kier molecular flexibility index (Phi) is 5.40. The Labute approximate surface area is 152 Å². The van der Waals surface area contributed by atoms with Crippen LogP contribution in [0.2, 0.25) is 0 Å². The minimum atomic E-state index is -0.315. The molecule has 0 saturated carbocycles. The van der Waals surface area contributed by atoms with E-state index in [4.69, 9.17) is 4.74 Å². The summed E-state index contributed by atoms with van der Waals surface area (Å²) < 4.78 is 19.5. The van der Waals surface area contributed by atoms with Crippen LogP contribution in [0.3, 0.4) is 0 Å². The molecule has 1 N–H and O–H groups in total. The van der Waals surface area contributed by atoms with Crippen molar-refractivity contribution in [2.75, 3.05) is 5.32 Å². The zero-order valence-electron chi connectivity index (χ0n) is 13.1. The summed E-state index contributed by atoms with van der Waals surface area (Å²) in [4.78, 5) is 16.6. The summed E-state index contributed by atoms with van der Waals surface area (Å²) in [5.41, 5.74) is 1.21. The van der Waals surface area contributed by atoms with Crippen LogP contribution >= 0.6 is 15.9 Å². The SMILES string of the molecule is O=C(Nc1ccc(Br)cn1)c1ccccc1OCc1ccc(F)cc1. The Morgan fingerprint density at radius 2 is 1.84 bits per heavy atom. The van der Waals surface area contributed by atoms with Gasteiger partial charge in [-0.3, -0.25) is 4.79 Å². The average Bonchev–Trinajstić information content (AvgIpc) is 2.63. The van der Waals surface area contributed by atoms with Gasteiger partial charge in [-0.1, -0.05) is 24.3 Å². The van der Waals surface area contributed by atoms with Gasteiger partial charge in [-0.05, 0) is 57.9 Å². The van der Waals surface area contributed by atoms with Crippen molar-refractivity contribution in [3.63, 3.8) is 0 Å². The molecule has 0 unspecified atom stereocenters. The van der Waals surface area contributed by atoms with E-state index < -0.39 is 0 Å². The average molecular weight is 401 g/mol. The Morgan fingerprint density at radius 1 is 1.08 bits per heavy atom. The third kappa shape index (κ3) is 4.64. The van der Waals surface area contributed by atoms with Crippen LogP contribution < -0.4 is 10.1 Å². The van der Waals surface area contributed by atoms with Crippen LogP contribution in [0.5, 0.6) is 5.75 Å². The Bertz CT molecular complexity index is 867. The highest BCUT2D eigenvalue weighted by Crippen LogP contribution is 2.21. The lowest BCUT2D eigenvalue weighted by molar-refractivity contribution is 0.102. The molecule has 0 atom stereocenters. The second kappa shape index (κ2) is 7.90. The number of benzene rings is 2. The van der Waals surface area contributed by atoms with Crippen LogP contribution in [0.25, 0.3) is 0 Å². The molecular formula is C19H14BrFN2O2. The van der Waals surface area contributed by atoms with E-state index in [1.165, 1.54) is 12.1 Å². The first-order chi connectivity index (χ1) is 12.1. The summed E-state index contributed by atoms with van der Waals surface area (Å²) in [6.45, 7) is 0.237. The van der Waals surface area contributed by atoms with E-state index >= 15 is 0 Å². The molecule has 25 heavy (non-hydrogen) atoms. The molecule has 0 aliphatic rings. The van der Waals surface area contributed by atoms with Gasteiger partial charge in [0.2, 0.25) is 0 Å². The predicted molar refractivity (Wildman–Crippen MR) is 97.1 cm³/mol. The zero-order valence-corrected chi connectivity index (χ0v) is 14.7. The van der Waals surface area contributed by atoms with Gasteiger partial charge in [0, 0.05) is 10.7 Å². The topological polar surface area (TPSA) is 51.2 Å². The molecule has 4 nitrogen and oxygen atoms in total. The van der Waals surface area contributed by atoms with Crippen molar-refractivity contribution >= 4 is 27.7 Å². The standard InChI is InChI=1S/C19H14BrFN2O2/c20-14-7-10-18(22-11-14)23-19(24)16-3-1-2-4-17(16)25-12-13-5-8-15(21)9-6-13/h1-11H,12H2,(H,22,23,24). The molecule has 126 valence electrons. The maximum absolute atomic E-state index is 12.9. The summed E-state index contributed by atoms with van der Waals surface area (Å²) in [5, 5.41) is 2.73. The first-order valence-electron chi connectivity index (χ1n) is 7.51. The number of hydrogen-bond acceptors (Lipinski definition) is 3. The molecule has 2 aromatic carbocycles. The molecule has 0 aliphatic heterocycles. The molecule has 0 radical (unpaired) electrons. The number of aromatic nitrogens is 1. The molecule has 3 aromatic rings. The van der Waals surface area contributed by atoms with Crippen LogP contribution in [0.15, 0.2) is 71.3 Å². The highest BCUT2D eigenvalue weighted by molar-refractivity contribution is 9.10. The number of halogens is 2. The van der Waals surface area contributed by atoms with Gasteiger partial charge in [-0.25, -0.2) is 9.37 Å². The van der Waals surface area contributed by atoms with Crippen LogP contribution in [0.1, 0.15) is 15.9 Å². The predicted octanol–water partition coefficient (Wildman–Crippen LogP) is 4.81. The smallest absolute Gasteiger partial charge is 0.260 e. The number of ether oxygens (including phenoxy) is 1. The van der Waals surface area contributed by atoms with E-state index in [-0.39, 0.29) is 18.3 Å². The Hall–Kier alpha value is -2.73. The summed E-state index contributed by atoms with van der Waals surface area (Å²) in [7, 11) is 0. The fourth-order valence-electron chi connectivity index (χ4n) is 2.16. The van der Waals surface area contributed by atoms with Crippen molar-refractivity contribution in [1.82, 2.24) is 4.98 Å². The number of carbonyl (C=O) groups excluding carboxylic acids is 1. The molecule has 6 heteroatoms. The van der Waals surface area contributed by atoms with Crippen LogP contribution in [-0.2, 0) is 6.61 Å². The van der Waals surface area contributed by atoms with Crippen LogP contribution in [0, 0.1) is 5.82 Å². The highest BCUT2D eigenvalue weighted by Gasteiger charge is 2.13. The number of para-hydroxylation sites is 1. The van der Waals surface area contributed by atoms with E-state index in [1.807, 2.05) is 0 Å². The van der Waals surface area contributed by atoms with Crippen LogP contribution in [0.4, 0.5) is 10.2 Å². The van der Waals surface area contributed by atoms with E-state index in [0.717, 1.165) is 10.0 Å². The quantitative estimate of drug-likeness (QED) is 0.668. The van der Waals surface area contributed by atoms with Crippen molar-refractivity contribution in [2.24, 2.45) is 0 Å². The van der Waals surface area contributed by atoms with E-state index in [0.29, 0.717) is 17.1 Å². The van der Waals surface area contributed by atoms with Gasteiger partial charge in [0.05, 0.1) is 5.56 Å². The number of pyridine rings is 1. The maximum atomic E-state index is 12.9. The van der Waals surface area contributed by atoms with Gasteiger partial charge in [0.25, 0.3) is 5.91 Å². The summed E-state index contributed by atoms with van der Waals surface area (Å²) in [6, 6.07) is 16.5. The lowest BCUT2D eigenvalue weighted by Crippen LogP contribution is -2.14. The molecule has 3 rings (SSSR count). The number of rotatable bonds is 5. The maximum Gasteiger partial charge on any atom is 0.260 e. The second-order valence-electron chi connectivity index (χ2n) is 5.23. The normalized spacial score (nSPS) is 10.3. The number of amides is 1. The third-order valence-electron chi connectivity index (χ3n) is 3.41. The Balaban J connectivity index is 1.72. The fraction of sp³-hybridized carbons (Fsp3) is 0.0526. The molecule has 1 amide bonds. The first kappa shape index (κ1) is 17.1. The Morgan fingerprint density at radius 3 is 2.56 bits per heavy atom. The minimum Gasteiger partial charge on any atom is -0.488 e. The number of hydrogen-bond donors (Lipinski definition) is 1. The number of anilines is 1. The van der Waals surface area contributed by atoms with Gasteiger partial charge in [-0.2, -0.15) is 0 Å². The molecule has 0 aliphatic carbocycles. The molecule has 1 aromatic heterocycles. The van der Waals surface area contributed by atoms with Crippen molar-refractivity contribution in [2.45, 2.75) is 6.61 Å². The van der Waals surface area contributed by atoms with Crippen molar-refractivity contribution in [3.8, 4) is 5.75 Å².